The van der Waals surface area contributed by atoms with Crippen LogP contribution >= 0.6 is 0 Å². The number of alkyl halides is 3. The van der Waals surface area contributed by atoms with E-state index in [9.17, 15) is 22.8 Å². The Morgan fingerprint density at radius 2 is 2.06 bits per heavy atom. The van der Waals surface area contributed by atoms with Crippen molar-refractivity contribution >= 4 is 11.9 Å². The number of halogens is 3. The van der Waals surface area contributed by atoms with Crippen molar-refractivity contribution in [3.8, 4) is 0 Å². The van der Waals surface area contributed by atoms with Crippen molar-refractivity contribution in [3.63, 3.8) is 0 Å². The number of ether oxygens (including phenoxy) is 1. The number of carbonyl (C=O) groups is 2. The van der Waals surface area contributed by atoms with Crippen LogP contribution in [0.1, 0.15) is 19.3 Å². The van der Waals surface area contributed by atoms with E-state index in [0.717, 1.165) is 4.90 Å². The topological polar surface area (TPSA) is 66.8 Å². The smallest absolute Gasteiger partial charge is 0.397 e. The number of methoxy groups -OCH3 is 1. The zero-order chi connectivity index (χ0) is 14.0. The van der Waals surface area contributed by atoms with Gasteiger partial charge in [0, 0.05) is 13.7 Å². The molecule has 1 N–H and O–H groups in total. The average Bonchev–Trinajstić information content (AvgIpc) is 2.60. The van der Waals surface area contributed by atoms with Crippen LogP contribution in [0.3, 0.4) is 0 Å². The van der Waals surface area contributed by atoms with Crippen molar-refractivity contribution < 1.29 is 32.6 Å². The van der Waals surface area contributed by atoms with Gasteiger partial charge in [-0.1, -0.05) is 0 Å². The maximum absolute atomic E-state index is 12.2. The van der Waals surface area contributed by atoms with Crippen molar-refractivity contribution in [2.24, 2.45) is 0 Å². The second kappa shape index (κ2) is 5.13. The van der Waals surface area contributed by atoms with Crippen molar-refractivity contribution in [3.05, 3.63) is 0 Å². The molecule has 8 heteroatoms. The maximum Gasteiger partial charge on any atom is 0.397 e. The molecule has 0 aromatic heterocycles. The molecule has 0 spiro atoms. The molecule has 0 aliphatic carbocycles. The second-order valence-electron chi connectivity index (χ2n) is 4.21. The minimum atomic E-state index is -4.64. The lowest BCUT2D eigenvalue weighted by Crippen LogP contribution is -2.56. The van der Waals surface area contributed by atoms with Gasteiger partial charge in [-0.05, 0) is 12.8 Å². The summed E-state index contributed by atoms with van der Waals surface area (Å²) in [6.45, 7) is -0.309. The Kier molecular flexibility index (Phi) is 4.20. The van der Waals surface area contributed by atoms with E-state index >= 15 is 0 Å². The minimum absolute atomic E-state index is 0.00454. The summed E-state index contributed by atoms with van der Waals surface area (Å²) in [5, 5.41) is 9.16. The van der Waals surface area contributed by atoms with Crippen LogP contribution in [-0.2, 0) is 14.3 Å². The van der Waals surface area contributed by atoms with Crippen molar-refractivity contribution in [2.75, 3.05) is 20.3 Å². The molecule has 1 amide bonds. The number of hydrogen-bond acceptors (Lipinski definition) is 3. The van der Waals surface area contributed by atoms with E-state index < -0.39 is 30.0 Å². The lowest BCUT2D eigenvalue weighted by molar-refractivity contribution is -0.173. The largest absolute Gasteiger partial charge is 0.479 e. The molecule has 104 valence electrons. The van der Waals surface area contributed by atoms with Gasteiger partial charge in [0.25, 0.3) is 0 Å². The highest BCUT2D eigenvalue weighted by Gasteiger charge is 2.51. The van der Waals surface area contributed by atoms with Crippen LogP contribution in [0.4, 0.5) is 13.2 Å². The van der Waals surface area contributed by atoms with E-state index in [2.05, 4.69) is 0 Å². The van der Waals surface area contributed by atoms with E-state index in [4.69, 9.17) is 9.84 Å². The van der Waals surface area contributed by atoms with Gasteiger partial charge >= 0.3 is 12.1 Å². The number of carboxylic acids is 1. The molecule has 18 heavy (non-hydrogen) atoms. The van der Waals surface area contributed by atoms with Gasteiger partial charge in [-0.3, -0.25) is 4.79 Å². The van der Waals surface area contributed by atoms with Gasteiger partial charge in [-0.15, -0.1) is 0 Å². The Balaban J connectivity index is 2.92. The second-order valence-corrected chi connectivity index (χ2v) is 4.21. The van der Waals surface area contributed by atoms with Crippen LogP contribution < -0.4 is 0 Å². The highest BCUT2D eigenvalue weighted by atomic mass is 19.4. The maximum atomic E-state index is 12.2. The SMILES string of the molecule is COCC1(C(=O)O)CCCN1C(=O)CC(F)(F)F. The molecule has 1 aliphatic rings. The number of carbonyl (C=O) groups excluding carboxylic acids is 1. The molecule has 1 unspecified atom stereocenters. The molecule has 1 saturated heterocycles. The third-order valence-electron chi connectivity index (χ3n) is 2.92. The minimum Gasteiger partial charge on any atom is -0.479 e. The monoisotopic (exact) mass is 269 g/mol. The van der Waals surface area contributed by atoms with E-state index in [1.165, 1.54) is 7.11 Å². The van der Waals surface area contributed by atoms with Crippen molar-refractivity contribution in [2.45, 2.75) is 31.0 Å². The van der Waals surface area contributed by atoms with Crippen LogP contribution in [0.5, 0.6) is 0 Å². The zero-order valence-corrected chi connectivity index (χ0v) is 9.79. The van der Waals surface area contributed by atoms with Crippen LogP contribution in [0.15, 0.2) is 0 Å². The molecule has 1 atom stereocenters. The molecule has 0 aromatic rings. The molecule has 5 nitrogen and oxygen atoms in total. The standard InChI is InChI=1S/C10H14F3NO4/c1-18-6-9(8(16)17)3-2-4-14(9)7(15)5-10(11,12)13/h2-6H2,1H3,(H,16,17). The summed E-state index contributed by atoms with van der Waals surface area (Å²) in [6.07, 6.45) is -5.85. The quantitative estimate of drug-likeness (QED) is 0.827. The molecule has 0 radical (unpaired) electrons. The summed E-state index contributed by atoms with van der Waals surface area (Å²) in [7, 11) is 1.25. The molecule has 0 aromatic carbocycles. The first-order chi connectivity index (χ1) is 8.23. The predicted octanol–water partition coefficient (Wildman–Crippen LogP) is 1.03. The molecule has 1 heterocycles. The fourth-order valence-electron chi connectivity index (χ4n) is 2.18. The van der Waals surface area contributed by atoms with Gasteiger partial charge in [-0.2, -0.15) is 13.2 Å². The Morgan fingerprint density at radius 1 is 1.44 bits per heavy atom. The third-order valence-corrected chi connectivity index (χ3v) is 2.92. The predicted molar refractivity (Wildman–Crippen MR) is 53.9 cm³/mol. The number of rotatable bonds is 4. The number of likely N-dealkylation sites (tertiary alicyclic amines) is 1. The fraction of sp³-hybridized carbons (Fsp3) is 0.800. The molecule has 0 saturated carbocycles. The van der Waals surface area contributed by atoms with Crippen LogP contribution in [-0.4, -0.2) is 53.9 Å². The first-order valence-corrected chi connectivity index (χ1v) is 5.32. The number of nitrogens with zero attached hydrogens (tertiary/aromatic N) is 1. The summed E-state index contributed by atoms with van der Waals surface area (Å²) in [6, 6.07) is 0. The molecule has 1 aliphatic heterocycles. The molecule has 1 rings (SSSR count). The molecule has 0 bridgehead atoms. The number of amides is 1. The first kappa shape index (κ1) is 14.7. The number of hydrogen-bond donors (Lipinski definition) is 1. The fourth-order valence-corrected chi connectivity index (χ4v) is 2.18. The Labute approximate surface area is 102 Å². The van der Waals surface area contributed by atoms with E-state index in [-0.39, 0.29) is 19.6 Å². The van der Waals surface area contributed by atoms with Crippen LogP contribution in [0, 0.1) is 0 Å². The lowest BCUT2D eigenvalue weighted by Gasteiger charge is -2.34. The Morgan fingerprint density at radius 3 is 2.50 bits per heavy atom. The van der Waals surface area contributed by atoms with Gasteiger partial charge in [0.1, 0.15) is 6.42 Å². The normalized spacial score (nSPS) is 24.3. The average molecular weight is 269 g/mol. The highest BCUT2D eigenvalue weighted by molar-refractivity contribution is 5.88. The van der Waals surface area contributed by atoms with Gasteiger partial charge < -0.3 is 14.7 Å². The van der Waals surface area contributed by atoms with Gasteiger partial charge in [-0.25, -0.2) is 4.79 Å². The summed E-state index contributed by atoms with van der Waals surface area (Å²) in [5.41, 5.74) is -1.67. The lowest BCUT2D eigenvalue weighted by atomic mass is 9.97. The number of aliphatic carboxylic acids is 1. The summed E-state index contributed by atoms with van der Waals surface area (Å²) in [4.78, 5) is 23.6. The molecular formula is C10H14F3NO4. The van der Waals surface area contributed by atoms with Gasteiger partial charge in [0.15, 0.2) is 5.54 Å². The van der Waals surface area contributed by atoms with Crippen molar-refractivity contribution in [1.29, 1.82) is 0 Å². The molecular weight excluding hydrogens is 255 g/mol. The van der Waals surface area contributed by atoms with Gasteiger partial charge in [0.2, 0.25) is 5.91 Å². The van der Waals surface area contributed by atoms with E-state index in [0.29, 0.717) is 6.42 Å². The van der Waals surface area contributed by atoms with E-state index in [1.807, 2.05) is 0 Å². The summed E-state index contributed by atoms with van der Waals surface area (Å²) >= 11 is 0. The zero-order valence-electron chi connectivity index (χ0n) is 9.79. The molecule has 1 fully saturated rings. The summed E-state index contributed by atoms with van der Waals surface area (Å²) < 4.78 is 41.3. The van der Waals surface area contributed by atoms with Crippen LogP contribution in [0.2, 0.25) is 0 Å². The van der Waals surface area contributed by atoms with Crippen molar-refractivity contribution in [1.82, 2.24) is 4.90 Å². The van der Waals surface area contributed by atoms with Gasteiger partial charge in [0.05, 0.1) is 6.61 Å². The van der Waals surface area contributed by atoms with E-state index in [1.54, 1.807) is 0 Å². The van der Waals surface area contributed by atoms with Crippen LogP contribution in [0.25, 0.3) is 0 Å². The highest BCUT2D eigenvalue weighted by Crippen LogP contribution is 2.32. The first-order valence-electron chi connectivity index (χ1n) is 5.32. The Bertz CT molecular complexity index is 345. The Hall–Kier alpha value is -1.31. The summed E-state index contributed by atoms with van der Waals surface area (Å²) in [5.74, 6) is -2.56. The third kappa shape index (κ3) is 2.92. The number of carboxylic acid groups (broad SMARTS) is 1.